The molecule has 2 saturated carbocycles. The first-order chi connectivity index (χ1) is 15.5. The minimum Gasteiger partial charge on any atom is -0.462 e. The fourth-order valence-electron chi connectivity index (χ4n) is 5.58. The third-order valence-electron chi connectivity index (χ3n) is 8.04. The summed E-state index contributed by atoms with van der Waals surface area (Å²) in [6, 6.07) is 6.57. The lowest BCUT2D eigenvalue weighted by atomic mass is 9.85. The Kier molecular flexibility index (Phi) is 6.52. The van der Waals surface area contributed by atoms with Crippen LogP contribution in [0.5, 0.6) is 0 Å². The number of aromatic nitrogens is 1. The summed E-state index contributed by atoms with van der Waals surface area (Å²) in [4.78, 5) is 13.0. The summed E-state index contributed by atoms with van der Waals surface area (Å²) < 4.78 is 7.75. The highest BCUT2D eigenvalue weighted by molar-refractivity contribution is 5.93. The predicted octanol–water partition coefficient (Wildman–Crippen LogP) is 6.67. The van der Waals surface area contributed by atoms with Crippen LogP contribution in [0.1, 0.15) is 111 Å². The van der Waals surface area contributed by atoms with Crippen LogP contribution in [0.15, 0.2) is 18.2 Å². The average Bonchev–Trinajstić information content (AvgIpc) is 3.46. The van der Waals surface area contributed by atoms with Gasteiger partial charge in [0, 0.05) is 17.1 Å². The van der Waals surface area contributed by atoms with Gasteiger partial charge >= 0.3 is 5.97 Å². The quantitative estimate of drug-likeness (QED) is 0.478. The van der Waals surface area contributed by atoms with Crippen molar-refractivity contribution in [1.29, 1.82) is 0 Å². The van der Waals surface area contributed by atoms with Gasteiger partial charge in [0.25, 0.3) is 0 Å². The van der Waals surface area contributed by atoms with Crippen molar-refractivity contribution in [2.24, 2.45) is 5.92 Å². The number of esters is 1. The van der Waals surface area contributed by atoms with Gasteiger partial charge in [-0.05, 0) is 94.0 Å². The molecule has 1 heterocycles. The molecule has 0 radical (unpaired) electrons. The van der Waals surface area contributed by atoms with E-state index in [0.29, 0.717) is 18.1 Å². The van der Waals surface area contributed by atoms with E-state index in [1.807, 2.05) is 27.7 Å². The third-order valence-corrected chi connectivity index (χ3v) is 8.04. The highest BCUT2D eigenvalue weighted by atomic mass is 16.5. The first kappa shape index (κ1) is 24.1. The van der Waals surface area contributed by atoms with E-state index in [2.05, 4.69) is 36.6 Å². The van der Waals surface area contributed by atoms with Gasteiger partial charge in [0.2, 0.25) is 0 Å². The van der Waals surface area contributed by atoms with Crippen LogP contribution in [-0.4, -0.2) is 22.2 Å². The van der Waals surface area contributed by atoms with Crippen molar-refractivity contribution in [1.82, 2.24) is 4.57 Å². The number of rotatable bonds is 7. The molecule has 0 atom stereocenters. The van der Waals surface area contributed by atoms with Crippen LogP contribution in [0.2, 0.25) is 0 Å². The molecule has 4 heteroatoms. The first-order valence-electron chi connectivity index (χ1n) is 12.8. The molecule has 0 saturated heterocycles. The zero-order chi connectivity index (χ0) is 24.0. The second-order valence-electron chi connectivity index (χ2n) is 11.2. The molecule has 2 aliphatic carbocycles. The standard InChI is InChI=1S/C29H41NO3/c1-7-33-27(31)26-19(2)25(15-21-11-9-8-10-12-21)30(20(26)3)24-17-22(28(4,5)32)16-23(18-24)29(6)13-14-29/h16-18,21,32H,7-15H2,1-6H3. The fraction of sp³-hybridized carbons (Fsp3) is 0.621. The Hall–Kier alpha value is -2.07. The Morgan fingerprint density at radius 1 is 1.15 bits per heavy atom. The van der Waals surface area contributed by atoms with Gasteiger partial charge in [0.15, 0.2) is 0 Å². The van der Waals surface area contributed by atoms with Crippen LogP contribution in [0.25, 0.3) is 5.69 Å². The minimum absolute atomic E-state index is 0.180. The first-order valence-corrected chi connectivity index (χ1v) is 12.8. The number of carbonyl (C=O) groups is 1. The molecule has 2 aromatic rings. The van der Waals surface area contributed by atoms with Gasteiger partial charge in [-0.15, -0.1) is 0 Å². The van der Waals surface area contributed by atoms with E-state index in [4.69, 9.17) is 4.74 Å². The van der Waals surface area contributed by atoms with Crippen molar-refractivity contribution in [3.8, 4) is 5.69 Å². The molecule has 2 aliphatic rings. The maximum Gasteiger partial charge on any atom is 0.340 e. The van der Waals surface area contributed by atoms with Crippen molar-refractivity contribution in [2.45, 2.75) is 104 Å². The number of aliphatic hydroxyl groups is 1. The second-order valence-corrected chi connectivity index (χ2v) is 11.2. The van der Waals surface area contributed by atoms with E-state index >= 15 is 0 Å². The number of hydrogen-bond donors (Lipinski definition) is 1. The van der Waals surface area contributed by atoms with Crippen LogP contribution >= 0.6 is 0 Å². The van der Waals surface area contributed by atoms with Gasteiger partial charge in [-0.25, -0.2) is 4.79 Å². The molecule has 33 heavy (non-hydrogen) atoms. The number of carbonyl (C=O) groups excluding carboxylic acids is 1. The molecule has 2 fully saturated rings. The van der Waals surface area contributed by atoms with Gasteiger partial charge in [0.1, 0.15) is 0 Å². The Bertz CT molecular complexity index is 1010. The van der Waals surface area contributed by atoms with Crippen LogP contribution < -0.4 is 0 Å². The van der Waals surface area contributed by atoms with E-state index in [1.54, 1.807) is 0 Å². The summed E-state index contributed by atoms with van der Waals surface area (Å²) >= 11 is 0. The largest absolute Gasteiger partial charge is 0.462 e. The summed E-state index contributed by atoms with van der Waals surface area (Å²) in [5, 5.41) is 10.9. The topological polar surface area (TPSA) is 51.5 Å². The van der Waals surface area contributed by atoms with E-state index in [9.17, 15) is 9.90 Å². The van der Waals surface area contributed by atoms with Gasteiger partial charge in [0.05, 0.1) is 17.8 Å². The fourth-order valence-corrected chi connectivity index (χ4v) is 5.58. The Balaban J connectivity index is 1.90. The predicted molar refractivity (Wildman–Crippen MR) is 133 cm³/mol. The monoisotopic (exact) mass is 451 g/mol. The Morgan fingerprint density at radius 3 is 2.39 bits per heavy atom. The molecule has 4 rings (SSSR count). The molecule has 1 N–H and O–H groups in total. The average molecular weight is 452 g/mol. The molecule has 4 nitrogen and oxygen atoms in total. The molecule has 0 unspecified atom stereocenters. The van der Waals surface area contributed by atoms with Gasteiger partial charge in [-0.1, -0.05) is 45.1 Å². The van der Waals surface area contributed by atoms with Crippen molar-refractivity contribution in [3.05, 3.63) is 51.8 Å². The maximum absolute atomic E-state index is 13.0. The zero-order valence-corrected chi connectivity index (χ0v) is 21.4. The van der Waals surface area contributed by atoms with E-state index in [-0.39, 0.29) is 11.4 Å². The molecule has 1 aromatic carbocycles. The number of nitrogens with zero attached hydrogens (tertiary/aromatic N) is 1. The van der Waals surface area contributed by atoms with Crippen LogP contribution in [0.3, 0.4) is 0 Å². The maximum atomic E-state index is 13.0. The lowest BCUT2D eigenvalue weighted by molar-refractivity contribution is 0.0524. The Morgan fingerprint density at radius 2 is 1.82 bits per heavy atom. The van der Waals surface area contributed by atoms with Gasteiger partial charge in [-0.2, -0.15) is 0 Å². The van der Waals surface area contributed by atoms with Crippen molar-refractivity contribution >= 4 is 5.97 Å². The van der Waals surface area contributed by atoms with Crippen LogP contribution in [-0.2, 0) is 22.2 Å². The molecule has 0 bridgehead atoms. The van der Waals surface area contributed by atoms with Crippen molar-refractivity contribution in [3.63, 3.8) is 0 Å². The van der Waals surface area contributed by atoms with Crippen LogP contribution in [0.4, 0.5) is 0 Å². The molecule has 180 valence electrons. The highest BCUT2D eigenvalue weighted by Gasteiger charge is 2.40. The molecule has 0 amide bonds. The molecule has 0 spiro atoms. The number of ether oxygens (including phenoxy) is 1. The third kappa shape index (κ3) is 4.77. The van der Waals surface area contributed by atoms with E-state index in [1.165, 1.54) is 56.2 Å². The highest BCUT2D eigenvalue weighted by Crippen LogP contribution is 2.49. The van der Waals surface area contributed by atoms with Gasteiger partial charge in [-0.3, -0.25) is 0 Å². The number of benzene rings is 1. The zero-order valence-electron chi connectivity index (χ0n) is 21.4. The van der Waals surface area contributed by atoms with Crippen LogP contribution in [0, 0.1) is 19.8 Å². The minimum atomic E-state index is -0.931. The van der Waals surface area contributed by atoms with Crippen molar-refractivity contribution in [2.75, 3.05) is 6.61 Å². The smallest absolute Gasteiger partial charge is 0.340 e. The van der Waals surface area contributed by atoms with E-state index in [0.717, 1.165) is 28.9 Å². The second kappa shape index (κ2) is 8.94. The number of hydrogen-bond acceptors (Lipinski definition) is 3. The summed E-state index contributed by atoms with van der Waals surface area (Å²) in [5.74, 6) is 0.419. The summed E-state index contributed by atoms with van der Waals surface area (Å²) in [7, 11) is 0. The normalized spacial score (nSPS) is 18.4. The summed E-state index contributed by atoms with van der Waals surface area (Å²) in [5.41, 5.74) is 6.43. The van der Waals surface area contributed by atoms with Crippen molar-refractivity contribution < 1.29 is 14.6 Å². The molecular weight excluding hydrogens is 410 g/mol. The lowest BCUT2D eigenvalue weighted by Gasteiger charge is -2.25. The SMILES string of the molecule is CCOC(=O)c1c(C)c(CC2CCCCC2)n(-c2cc(C(C)(C)O)cc(C3(C)CC3)c2)c1C. The summed E-state index contributed by atoms with van der Waals surface area (Å²) in [6.45, 7) is 12.4. The lowest BCUT2D eigenvalue weighted by Crippen LogP contribution is -2.18. The molecule has 0 aliphatic heterocycles. The summed E-state index contributed by atoms with van der Waals surface area (Å²) in [6.07, 6.45) is 9.76. The Labute approximate surface area is 199 Å². The van der Waals surface area contributed by atoms with E-state index < -0.39 is 5.60 Å². The van der Waals surface area contributed by atoms with Gasteiger partial charge < -0.3 is 14.4 Å². The molecule has 1 aromatic heterocycles. The molecular formula is C29H41NO3.